The number of carbonyl (C=O) groups is 1. The first-order chi connectivity index (χ1) is 16.2. The number of halogens is 5. The molecule has 1 saturated heterocycles. The topological polar surface area (TPSA) is 79.5 Å². The summed E-state index contributed by atoms with van der Waals surface area (Å²) < 4.78 is 57.0. The number of carbonyl (C=O) groups excluding carboxylic acids is 1. The maximum atomic E-state index is 15.0. The van der Waals surface area contributed by atoms with Crippen molar-refractivity contribution in [2.24, 2.45) is 0 Å². The van der Waals surface area contributed by atoms with Crippen LogP contribution < -0.4 is 4.90 Å². The molecule has 13 heteroatoms. The van der Waals surface area contributed by atoms with Gasteiger partial charge in [0.2, 0.25) is 5.89 Å². The minimum Gasteiger partial charge on any atom is -0.415 e. The molecule has 1 aliphatic heterocycles. The van der Waals surface area contributed by atoms with Crippen molar-refractivity contribution >= 4 is 45.7 Å². The van der Waals surface area contributed by atoms with Crippen molar-refractivity contribution in [1.82, 2.24) is 15.1 Å². The van der Waals surface area contributed by atoms with Crippen LogP contribution in [0.1, 0.15) is 17.9 Å². The maximum Gasteiger partial charge on any atom is 0.324 e. The number of urea groups is 1. The van der Waals surface area contributed by atoms with Crippen LogP contribution in [-0.4, -0.2) is 49.9 Å². The molecule has 0 radical (unpaired) electrons. The lowest BCUT2D eigenvalue weighted by molar-refractivity contribution is 0.116. The van der Waals surface area contributed by atoms with Gasteiger partial charge in [-0.1, -0.05) is 29.3 Å². The average Bonchev–Trinajstić information content (AvgIpc) is 3.30. The smallest absolute Gasteiger partial charge is 0.324 e. The summed E-state index contributed by atoms with van der Waals surface area (Å²) in [6.07, 6.45) is -2.94. The Bertz CT molecular complexity index is 1230. The van der Waals surface area contributed by atoms with Gasteiger partial charge in [0.25, 0.3) is 5.89 Å². The largest absolute Gasteiger partial charge is 0.415 e. The third kappa shape index (κ3) is 5.37. The second kappa shape index (κ2) is 10.3. The van der Waals surface area contributed by atoms with Gasteiger partial charge in [-0.2, -0.15) is 8.78 Å². The Hall–Kier alpha value is -2.63. The van der Waals surface area contributed by atoms with Crippen LogP contribution >= 0.6 is 23.2 Å². The van der Waals surface area contributed by atoms with E-state index in [1.807, 2.05) is 0 Å². The van der Waals surface area contributed by atoms with Gasteiger partial charge in [0.05, 0.1) is 17.3 Å². The zero-order valence-electron chi connectivity index (χ0n) is 17.4. The second-order valence-electron chi connectivity index (χ2n) is 7.35. The number of hydrogen-bond donors (Lipinski definition) is 0. The Balaban J connectivity index is 1.64. The fourth-order valence-corrected chi connectivity index (χ4v) is 4.94. The Labute approximate surface area is 204 Å². The average molecular weight is 533 g/mol. The highest BCUT2D eigenvalue weighted by atomic mass is 35.5. The van der Waals surface area contributed by atoms with Gasteiger partial charge < -0.3 is 9.32 Å². The molecule has 2 heterocycles. The van der Waals surface area contributed by atoms with Crippen molar-refractivity contribution in [2.75, 3.05) is 29.5 Å². The molecule has 7 nitrogen and oxygen atoms in total. The standard InChI is InChI=1S/C21H17Cl2F3N4O3S/c22-14-3-4-17(15(23)10-14)30(21(31)29-5-7-34(32)8-6-29)11-13-2-1-12(9-16(13)24)19-27-28-20(33-19)18(25)26/h1-4,9-10,18H,5-8,11H2. The molecule has 180 valence electrons. The van der Waals surface area contributed by atoms with Crippen LogP contribution in [0.2, 0.25) is 10.0 Å². The van der Waals surface area contributed by atoms with Gasteiger partial charge in [-0.25, -0.2) is 9.18 Å². The highest BCUT2D eigenvalue weighted by Gasteiger charge is 2.28. The molecular formula is C21H17Cl2F3N4O3S. The van der Waals surface area contributed by atoms with Crippen LogP contribution in [0.4, 0.5) is 23.7 Å². The lowest BCUT2D eigenvalue weighted by atomic mass is 10.1. The Kier molecular flexibility index (Phi) is 7.44. The van der Waals surface area contributed by atoms with Gasteiger partial charge >= 0.3 is 12.5 Å². The van der Waals surface area contributed by atoms with E-state index in [9.17, 15) is 17.8 Å². The van der Waals surface area contributed by atoms with Crippen LogP contribution in [-0.2, 0) is 17.3 Å². The van der Waals surface area contributed by atoms with Crippen LogP contribution in [0.25, 0.3) is 11.5 Å². The first-order valence-corrected chi connectivity index (χ1v) is 12.2. The minimum absolute atomic E-state index is 0.113. The highest BCUT2D eigenvalue weighted by molar-refractivity contribution is 7.85. The number of benzene rings is 2. The van der Waals surface area contributed by atoms with E-state index in [1.54, 1.807) is 12.1 Å². The molecule has 1 aliphatic rings. The highest BCUT2D eigenvalue weighted by Crippen LogP contribution is 2.32. The molecule has 0 atom stereocenters. The first kappa shape index (κ1) is 24.5. The fourth-order valence-electron chi connectivity index (χ4n) is 3.37. The summed E-state index contributed by atoms with van der Waals surface area (Å²) >= 11 is 12.3. The van der Waals surface area contributed by atoms with Gasteiger partial charge in [-0.15, -0.1) is 10.2 Å². The molecule has 1 fully saturated rings. The maximum absolute atomic E-state index is 15.0. The summed E-state index contributed by atoms with van der Waals surface area (Å²) in [7, 11) is -0.989. The summed E-state index contributed by atoms with van der Waals surface area (Å²) in [5.74, 6) is -1.13. The number of hydrogen-bond acceptors (Lipinski definition) is 5. The van der Waals surface area contributed by atoms with Crippen molar-refractivity contribution in [3.63, 3.8) is 0 Å². The van der Waals surface area contributed by atoms with Crippen molar-refractivity contribution < 1.29 is 26.6 Å². The van der Waals surface area contributed by atoms with Crippen LogP contribution in [0.5, 0.6) is 0 Å². The summed E-state index contributed by atoms with van der Waals surface area (Å²) in [6, 6.07) is 8.05. The molecule has 0 N–H and O–H groups in total. The van der Waals surface area contributed by atoms with E-state index in [1.165, 1.54) is 28.0 Å². The van der Waals surface area contributed by atoms with E-state index in [2.05, 4.69) is 10.2 Å². The Morgan fingerprint density at radius 2 is 1.88 bits per heavy atom. The van der Waals surface area contributed by atoms with Gasteiger partial charge in [-0.05, 0) is 30.3 Å². The van der Waals surface area contributed by atoms with E-state index in [-0.39, 0.29) is 41.7 Å². The zero-order valence-corrected chi connectivity index (χ0v) is 19.7. The number of anilines is 1. The molecule has 2 amide bonds. The number of nitrogens with zero attached hydrogens (tertiary/aromatic N) is 4. The first-order valence-electron chi connectivity index (χ1n) is 9.99. The molecule has 34 heavy (non-hydrogen) atoms. The lowest BCUT2D eigenvalue weighted by Gasteiger charge is -2.33. The quantitative estimate of drug-likeness (QED) is 0.444. The normalized spacial score (nSPS) is 14.6. The number of amides is 2. The van der Waals surface area contributed by atoms with Gasteiger partial charge in [0.15, 0.2) is 0 Å². The third-order valence-corrected chi connectivity index (χ3v) is 6.95. The van der Waals surface area contributed by atoms with Gasteiger partial charge in [0, 0.05) is 51.5 Å². The molecule has 1 aromatic heterocycles. The minimum atomic E-state index is -2.94. The summed E-state index contributed by atoms with van der Waals surface area (Å²) in [5.41, 5.74) is 0.573. The number of rotatable bonds is 5. The zero-order chi connectivity index (χ0) is 24.4. The third-order valence-electron chi connectivity index (χ3n) is 5.14. The van der Waals surface area contributed by atoms with E-state index in [4.69, 9.17) is 27.6 Å². The SMILES string of the molecule is O=C(N1CCS(=O)CC1)N(Cc1ccc(-c2nnc(C(F)F)o2)cc1F)c1ccc(Cl)cc1Cl. The number of aromatic nitrogens is 2. The van der Waals surface area contributed by atoms with Crippen molar-refractivity contribution in [3.8, 4) is 11.5 Å². The van der Waals surface area contributed by atoms with E-state index in [0.29, 0.717) is 22.2 Å². The van der Waals surface area contributed by atoms with Crippen molar-refractivity contribution in [2.45, 2.75) is 13.0 Å². The lowest BCUT2D eigenvalue weighted by Crippen LogP contribution is -2.48. The molecule has 0 saturated carbocycles. The molecule has 4 rings (SSSR count). The van der Waals surface area contributed by atoms with Crippen LogP contribution in [0, 0.1) is 5.82 Å². The second-order valence-corrected chi connectivity index (χ2v) is 9.89. The Morgan fingerprint density at radius 3 is 2.50 bits per heavy atom. The summed E-state index contributed by atoms with van der Waals surface area (Å²) in [6.45, 7) is 0.397. The van der Waals surface area contributed by atoms with Crippen LogP contribution in [0.15, 0.2) is 40.8 Å². The van der Waals surface area contributed by atoms with Gasteiger partial charge in [0.1, 0.15) is 5.82 Å². The van der Waals surface area contributed by atoms with E-state index < -0.39 is 35.0 Å². The monoisotopic (exact) mass is 532 g/mol. The Morgan fingerprint density at radius 1 is 1.15 bits per heavy atom. The van der Waals surface area contributed by atoms with E-state index >= 15 is 4.39 Å². The summed E-state index contributed by atoms with van der Waals surface area (Å²) in [5, 5.41) is 7.31. The predicted octanol–water partition coefficient (Wildman–Crippen LogP) is 5.31. The van der Waals surface area contributed by atoms with E-state index in [0.717, 1.165) is 6.07 Å². The molecule has 0 spiro atoms. The fraction of sp³-hybridized carbons (Fsp3) is 0.286. The van der Waals surface area contributed by atoms with Crippen molar-refractivity contribution in [3.05, 3.63) is 63.7 Å². The molecule has 2 aromatic carbocycles. The van der Waals surface area contributed by atoms with Crippen molar-refractivity contribution in [1.29, 1.82) is 0 Å². The molecule has 3 aromatic rings. The predicted molar refractivity (Wildman–Crippen MR) is 122 cm³/mol. The summed E-state index contributed by atoms with van der Waals surface area (Å²) in [4.78, 5) is 16.2. The molecule has 0 unspecified atom stereocenters. The van der Waals surface area contributed by atoms with Gasteiger partial charge in [-0.3, -0.25) is 9.11 Å². The molecular weight excluding hydrogens is 516 g/mol. The van der Waals surface area contributed by atoms with Crippen LogP contribution in [0.3, 0.4) is 0 Å². The molecule has 0 bridgehead atoms. The number of alkyl halides is 2. The molecule has 0 aliphatic carbocycles.